The van der Waals surface area contributed by atoms with Gasteiger partial charge in [-0.1, -0.05) is 12.1 Å². The first-order valence-corrected chi connectivity index (χ1v) is 7.16. The minimum absolute atomic E-state index is 0.00256. The zero-order valence-electron chi connectivity index (χ0n) is 11.7. The maximum absolute atomic E-state index is 11.9. The van der Waals surface area contributed by atoms with Crippen LogP contribution in [0.2, 0.25) is 0 Å². The van der Waals surface area contributed by atoms with Gasteiger partial charge in [-0.05, 0) is 30.5 Å². The number of rotatable bonds is 8. The Morgan fingerprint density at radius 3 is 2.85 bits per heavy atom. The van der Waals surface area contributed by atoms with Gasteiger partial charge in [-0.15, -0.1) is 0 Å². The molecule has 1 aliphatic carbocycles. The number of benzene rings is 1. The Bertz CT molecular complexity index is 446. The molecule has 1 amide bonds. The minimum atomic E-state index is 0.00256. The third-order valence-electron chi connectivity index (χ3n) is 3.52. The highest BCUT2D eigenvalue weighted by Crippen LogP contribution is 2.26. The highest BCUT2D eigenvalue weighted by molar-refractivity contribution is 5.90. The van der Waals surface area contributed by atoms with Gasteiger partial charge < -0.3 is 16.2 Å². The number of hydrogen-bond acceptors (Lipinski definition) is 4. The molecule has 0 aromatic heterocycles. The van der Waals surface area contributed by atoms with Crippen LogP contribution >= 0.6 is 0 Å². The zero-order chi connectivity index (χ0) is 14.4. The zero-order valence-corrected chi connectivity index (χ0v) is 11.7. The van der Waals surface area contributed by atoms with E-state index in [-0.39, 0.29) is 12.5 Å². The molecule has 20 heavy (non-hydrogen) atoms. The van der Waals surface area contributed by atoms with E-state index in [1.54, 1.807) is 0 Å². The van der Waals surface area contributed by atoms with Crippen molar-refractivity contribution in [3.63, 3.8) is 0 Å². The summed E-state index contributed by atoms with van der Waals surface area (Å²) in [5.41, 5.74) is 7.37. The van der Waals surface area contributed by atoms with Crippen LogP contribution in [0, 0.1) is 0 Å². The van der Waals surface area contributed by atoms with Gasteiger partial charge in [-0.2, -0.15) is 0 Å². The van der Waals surface area contributed by atoms with Crippen LogP contribution in [0.15, 0.2) is 24.3 Å². The first-order valence-electron chi connectivity index (χ1n) is 7.16. The maximum Gasteiger partial charge on any atom is 0.225 e. The van der Waals surface area contributed by atoms with Gasteiger partial charge in [0.15, 0.2) is 0 Å². The van der Waals surface area contributed by atoms with Gasteiger partial charge in [0.1, 0.15) is 0 Å². The van der Waals surface area contributed by atoms with Crippen LogP contribution in [0.3, 0.4) is 0 Å². The van der Waals surface area contributed by atoms with Crippen LogP contribution in [-0.4, -0.2) is 41.7 Å². The molecule has 2 rings (SSSR count). The molecule has 5 heteroatoms. The fraction of sp³-hybridized carbons (Fsp3) is 0.533. The monoisotopic (exact) mass is 277 g/mol. The second-order valence-electron chi connectivity index (χ2n) is 5.19. The predicted molar refractivity (Wildman–Crippen MR) is 79.3 cm³/mol. The van der Waals surface area contributed by atoms with Crippen LogP contribution in [0.25, 0.3) is 0 Å². The molecule has 0 unspecified atom stereocenters. The van der Waals surface area contributed by atoms with Crippen LogP contribution in [0.1, 0.15) is 24.8 Å². The lowest BCUT2D eigenvalue weighted by molar-refractivity contribution is -0.116. The second-order valence-corrected chi connectivity index (χ2v) is 5.19. The molecule has 5 nitrogen and oxygen atoms in total. The molecule has 0 radical (unpaired) electrons. The third kappa shape index (κ3) is 4.59. The van der Waals surface area contributed by atoms with Gasteiger partial charge >= 0.3 is 0 Å². The van der Waals surface area contributed by atoms with E-state index >= 15 is 0 Å². The average Bonchev–Trinajstić information content (AvgIpc) is 3.28. The van der Waals surface area contributed by atoms with Crippen molar-refractivity contribution in [2.75, 3.05) is 25.0 Å². The number of carbonyl (C=O) groups is 1. The largest absolute Gasteiger partial charge is 0.395 e. The number of carbonyl (C=O) groups excluding carboxylic acids is 1. The Labute approximate surface area is 119 Å². The lowest BCUT2D eigenvalue weighted by Crippen LogP contribution is -2.32. The van der Waals surface area contributed by atoms with Crippen molar-refractivity contribution >= 4 is 11.6 Å². The summed E-state index contributed by atoms with van der Waals surface area (Å²) in [4.78, 5) is 14.1. The molecule has 0 atom stereocenters. The Morgan fingerprint density at radius 1 is 1.40 bits per heavy atom. The molecule has 4 N–H and O–H groups in total. The number of anilines is 1. The maximum atomic E-state index is 11.9. The van der Waals surface area contributed by atoms with E-state index in [0.717, 1.165) is 11.3 Å². The van der Waals surface area contributed by atoms with Crippen molar-refractivity contribution < 1.29 is 9.90 Å². The van der Waals surface area contributed by atoms with E-state index in [1.807, 2.05) is 24.3 Å². The van der Waals surface area contributed by atoms with E-state index in [4.69, 9.17) is 10.8 Å². The summed E-state index contributed by atoms with van der Waals surface area (Å²) in [5.74, 6) is 0.00256. The molecule has 0 heterocycles. The molecule has 1 aromatic carbocycles. The van der Waals surface area contributed by atoms with E-state index < -0.39 is 0 Å². The van der Waals surface area contributed by atoms with Crippen molar-refractivity contribution in [2.24, 2.45) is 5.73 Å². The van der Waals surface area contributed by atoms with E-state index in [0.29, 0.717) is 32.1 Å². The van der Waals surface area contributed by atoms with Gasteiger partial charge in [0.2, 0.25) is 5.91 Å². The molecule has 1 aliphatic rings. The molecular formula is C15H23N3O2. The molecule has 1 aromatic rings. The molecule has 110 valence electrons. The predicted octanol–water partition coefficient (Wildman–Crippen LogP) is 0.931. The molecule has 0 saturated heterocycles. The summed E-state index contributed by atoms with van der Waals surface area (Å²) < 4.78 is 0. The Balaban J connectivity index is 1.79. The highest BCUT2D eigenvalue weighted by Gasteiger charge is 2.28. The summed E-state index contributed by atoms with van der Waals surface area (Å²) in [6, 6.07) is 8.15. The number of hydrogen-bond donors (Lipinski definition) is 3. The van der Waals surface area contributed by atoms with Crippen molar-refractivity contribution in [1.29, 1.82) is 0 Å². The van der Waals surface area contributed by atoms with E-state index in [9.17, 15) is 4.79 Å². The number of nitrogens with one attached hydrogen (secondary N) is 1. The second kappa shape index (κ2) is 7.38. The van der Waals surface area contributed by atoms with E-state index in [1.165, 1.54) is 12.8 Å². The fourth-order valence-electron chi connectivity index (χ4n) is 2.29. The van der Waals surface area contributed by atoms with Crippen molar-refractivity contribution in [3.8, 4) is 0 Å². The molecule has 1 fully saturated rings. The average molecular weight is 277 g/mol. The summed E-state index contributed by atoms with van der Waals surface area (Å²) in [6.07, 6.45) is 2.81. The molecule has 1 saturated carbocycles. The number of nitrogens with two attached hydrogens (primary N) is 1. The van der Waals surface area contributed by atoms with Crippen LogP contribution in [0.5, 0.6) is 0 Å². The SMILES string of the molecule is NCc1cccc(NC(=O)CCN(CCO)C2CC2)c1. The lowest BCUT2D eigenvalue weighted by Gasteiger charge is -2.20. The summed E-state index contributed by atoms with van der Waals surface area (Å²) >= 11 is 0. The van der Waals surface area contributed by atoms with Gasteiger partial charge in [0.25, 0.3) is 0 Å². The molecule has 0 bridgehead atoms. The fourth-order valence-corrected chi connectivity index (χ4v) is 2.29. The first-order chi connectivity index (χ1) is 9.72. The number of nitrogens with zero attached hydrogens (tertiary/aromatic N) is 1. The Hall–Kier alpha value is -1.43. The quantitative estimate of drug-likeness (QED) is 0.660. The van der Waals surface area contributed by atoms with Crippen molar-refractivity contribution in [2.45, 2.75) is 31.8 Å². The topological polar surface area (TPSA) is 78.6 Å². The van der Waals surface area contributed by atoms with Gasteiger partial charge in [0.05, 0.1) is 6.61 Å². The van der Waals surface area contributed by atoms with E-state index in [2.05, 4.69) is 10.2 Å². The molecule has 0 aliphatic heterocycles. The first kappa shape index (κ1) is 15.0. The summed E-state index contributed by atoms with van der Waals surface area (Å²) in [6.45, 7) is 1.97. The lowest BCUT2D eigenvalue weighted by atomic mass is 10.2. The normalized spacial score (nSPS) is 14.6. The number of aliphatic hydroxyl groups is 1. The minimum Gasteiger partial charge on any atom is -0.395 e. The number of amides is 1. The summed E-state index contributed by atoms with van der Waals surface area (Å²) in [5, 5.41) is 11.9. The standard InChI is InChI=1S/C15H23N3O2/c16-11-12-2-1-3-13(10-12)17-15(20)6-7-18(8-9-19)14-4-5-14/h1-3,10,14,19H,4-9,11,16H2,(H,17,20). The van der Waals surface area contributed by atoms with Gasteiger partial charge in [-0.25, -0.2) is 0 Å². The Morgan fingerprint density at radius 2 is 2.20 bits per heavy atom. The Kier molecular flexibility index (Phi) is 5.52. The third-order valence-corrected chi connectivity index (χ3v) is 3.52. The molecular weight excluding hydrogens is 254 g/mol. The summed E-state index contributed by atoms with van der Waals surface area (Å²) in [7, 11) is 0. The van der Waals surface area contributed by atoms with Gasteiger partial charge in [0, 0.05) is 37.8 Å². The van der Waals surface area contributed by atoms with Gasteiger partial charge in [-0.3, -0.25) is 9.69 Å². The van der Waals surface area contributed by atoms with Crippen LogP contribution < -0.4 is 11.1 Å². The molecule has 0 spiro atoms. The van der Waals surface area contributed by atoms with Crippen LogP contribution in [0.4, 0.5) is 5.69 Å². The van der Waals surface area contributed by atoms with Crippen molar-refractivity contribution in [1.82, 2.24) is 4.90 Å². The smallest absolute Gasteiger partial charge is 0.225 e. The van der Waals surface area contributed by atoms with Crippen molar-refractivity contribution in [3.05, 3.63) is 29.8 Å². The highest BCUT2D eigenvalue weighted by atomic mass is 16.3. The van der Waals surface area contributed by atoms with Crippen LogP contribution in [-0.2, 0) is 11.3 Å². The number of aliphatic hydroxyl groups excluding tert-OH is 1.